The van der Waals surface area contributed by atoms with Gasteiger partial charge in [0.1, 0.15) is 0 Å². The van der Waals surface area contributed by atoms with Crippen LogP contribution in [0.4, 0.5) is 0 Å². The van der Waals surface area contributed by atoms with Crippen LogP contribution in [0.3, 0.4) is 0 Å². The normalized spacial score (nSPS) is 27.0. The van der Waals surface area contributed by atoms with Gasteiger partial charge in [-0.2, -0.15) is 5.26 Å². The predicted octanol–water partition coefficient (Wildman–Crippen LogP) is 1.22. The number of nitrogens with one attached hydrogen (secondary N) is 1. The molecule has 1 aliphatic heterocycles. The molecule has 1 rings (SSSR count). The SMILES string of the molecule is CCC(CC#N)NC(=O)C1CCOC1C. The number of hydrogen-bond donors (Lipinski definition) is 1. The Bertz CT molecular complexity index is 260. The van der Waals surface area contributed by atoms with Gasteiger partial charge in [0.2, 0.25) is 5.91 Å². The summed E-state index contributed by atoms with van der Waals surface area (Å²) in [4.78, 5) is 11.8. The molecule has 1 aliphatic rings. The lowest BCUT2D eigenvalue weighted by Gasteiger charge is -2.18. The summed E-state index contributed by atoms with van der Waals surface area (Å²) >= 11 is 0. The maximum Gasteiger partial charge on any atom is 0.226 e. The van der Waals surface area contributed by atoms with Gasteiger partial charge >= 0.3 is 0 Å². The molecule has 3 atom stereocenters. The molecular weight excluding hydrogens is 192 g/mol. The number of amides is 1. The van der Waals surface area contributed by atoms with E-state index in [0.29, 0.717) is 13.0 Å². The van der Waals surface area contributed by atoms with Crippen molar-refractivity contribution in [3.63, 3.8) is 0 Å². The Hall–Kier alpha value is -1.08. The van der Waals surface area contributed by atoms with E-state index in [1.165, 1.54) is 0 Å². The summed E-state index contributed by atoms with van der Waals surface area (Å²) in [5.41, 5.74) is 0. The van der Waals surface area contributed by atoms with Crippen LogP contribution >= 0.6 is 0 Å². The lowest BCUT2D eigenvalue weighted by atomic mass is 10.0. The van der Waals surface area contributed by atoms with Gasteiger partial charge < -0.3 is 10.1 Å². The summed E-state index contributed by atoms with van der Waals surface area (Å²) < 4.78 is 5.34. The molecule has 0 radical (unpaired) electrons. The third-order valence-electron chi connectivity index (χ3n) is 2.89. The summed E-state index contributed by atoms with van der Waals surface area (Å²) in [6.45, 7) is 4.55. The fourth-order valence-corrected chi connectivity index (χ4v) is 1.79. The van der Waals surface area contributed by atoms with Crippen molar-refractivity contribution in [2.24, 2.45) is 5.92 Å². The highest BCUT2D eigenvalue weighted by atomic mass is 16.5. The van der Waals surface area contributed by atoms with Gasteiger partial charge in [0, 0.05) is 12.6 Å². The molecule has 0 spiro atoms. The van der Waals surface area contributed by atoms with Crippen molar-refractivity contribution in [3.05, 3.63) is 0 Å². The molecule has 1 heterocycles. The van der Waals surface area contributed by atoms with Crippen LogP contribution < -0.4 is 5.32 Å². The van der Waals surface area contributed by atoms with Crippen molar-refractivity contribution in [2.45, 2.75) is 45.3 Å². The molecule has 0 bridgehead atoms. The minimum Gasteiger partial charge on any atom is -0.378 e. The Kier molecular flexibility index (Phi) is 4.57. The fraction of sp³-hybridized carbons (Fsp3) is 0.818. The Balaban J connectivity index is 2.43. The summed E-state index contributed by atoms with van der Waals surface area (Å²) in [5, 5.41) is 11.5. The second-order valence-corrected chi connectivity index (χ2v) is 3.95. The first-order chi connectivity index (χ1) is 7.19. The number of carbonyl (C=O) groups is 1. The highest BCUT2D eigenvalue weighted by Gasteiger charge is 2.31. The lowest BCUT2D eigenvalue weighted by Crippen LogP contribution is -2.40. The molecule has 3 unspecified atom stereocenters. The third kappa shape index (κ3) is 3.21. The Morgan fingerprint density at radius 1 is 1.73 bits per heavy atom. The monoisotopic (exact) mass is 210 g/mol. The maximum absolute atomic E-state index is 11.8. The first-order valence-electron chi connectivity index (χ1n) is 5.48. The Labute approximate surface area is 90.6 Å². The van der Waals surface area contributed by atoms with Gasteiger partial charge in [0.15, 0.2) is 0 Å². The van der Waals surface area contributed by atoms with Crippen LogP contribution in [-0.4, -0.2) is 24.7 Å². The van der Waals surface area contributed by atoms with Crippen LogP contribution in [0.15, 0.2) is 0 Å². The Morgan fingerprint density at radius 3 is 2.93 bits per heavy atom. The summed E-state index contributed by atoms with van der Waals surface area (Å²) in [7, 11) is 0. The van der Waals surface area contributed by atoms with Crippen LogP contribution in [0.25, 0.3) is 0 Å². The van der Waals surface area contributed by atoms with Crippen molar-refractivity contribution in [3.8, 4) is 6.07 Å². The van der Waals surface area contributed by atoms with Gasteiger partial charge in [-0.15, -0.1) is 0 Å². The molecule has 0 aromatic heterocycles. The van der Waals surface area contributed by atoms with E-state index in [1.807, 2.05) is 13.8 Å². The quantitative estimate of drug-likeness (QED) is 0.758. The largest absolute Gasteiger partial charge is 0.378 e. The molecule has 1 saturated heterocycles. The van der Waals surface area contributed by atoms with Gasteiger partial charge in [-0.3, -0.25) is 4.79 Å². The zero-order valence-corrected chi connectivity index (χ0v) is 9.32. The Morgan fingerprint density at radius 2 is 2.47 bits per heavy atom. The van der Waals surface area contributed by atoms with Crippen molar-refractivity contribution in [1.82, 2.24) is 5.32 Å². The fourth-order valence-electron chi connectivity index (χ4n) is 1.79. The zero-order valence-electron chi connectivity index (χ0n) is 9.32. The standard InChI is InChI=1S/C11H18N2O2/c1-3-9(4-6-12)13-11(14)10-5-7-15-8(10)2/h8-10H,3-5,7H2,1-2H3,(H,13,14). The first kappa shape index (κ1) is 12.0. The van der Waals surface area contributed by atoms with Crippen molar-refractivity contribution in [2.75, 3.05) is 6.61 Å². The van der Waals surface area contributed by atoms with Crippen LogP contribution in [0.2, 0.25) is 0 Å². The van der Waals surface area contributed by atoms with E-state index < -0.39 is 0 Å². The van der Waals surface area contributed by atoms with Crippen LogP contribution in [0.5, 0.6) is 0 Å². The summed E-state index contributed by atoms with van der Waals surface area (Å²) in [5.74, 6) is -0.0140. The van der Waals surface area contributed by atoms with Gasteiger partial charge in [-0.05, 0) is 19.8 Å². The molecule has 0 aromatic rings. The van der Waals surface area contributed by atoms with E-state index in [4.69, 9.17) is 10.00 Å². The van der Waals surface area contributed by atoms with Crippen LogP contribution in [-0.2, 0) is 9.53 Å². The lowest BCUT2D eigenvalue weighted by molar-refractivity contribution is -0.127. The van der Waals surface area contributed by atoms with E-state index in [0.717, 1.165) is 12.8 Å². The number of hydrogen-bond acceptors (Lipinski definition) is 3. The third-order valence-corrected chi connectivity index (χ3v) is 2.89. The molecule has 15 heavy (non-hydrogen) atoms. The highest BCUT2D eigenvalue weighted by Crippen LogP contribution is 2.20. The molecule has 4 heteroatoms. The minimum atomic E-state index is -0.0438. The van der Waals surface area contributed by atoms with Gasteiger partial charge in [0.25, 0.3) is 0 Å². The molecule has 84 valence electrons. The number of ether oxygens (including phenoxy) is 1. The van der Waals surface area contributed by atoms with Crippen LogP contribution in [0, 0.1) is 17.2 Å². The van der Waals surface area contributed by atoms with Gasteiger partial charge in [-0.1, -0.05) is 6.92 Å². The second kappa shape index (κ2) is 5.72. The molecule has 1 N–H and O–H groups in total. The van der Waals surface area contributed by atoms with Crippen molar-refractivity contribution in [1.29, 1.82) is 5.26 Å². The molecule has 0 aliphatic carbocycles. The second-order valence-electron chi connectivity index (χ2n) is 3.95. The first-order valence-corrected chi connectivity index (χ1v) is 5.48. The highest BCUT2D eigenvalue weighted by molar-refractivity contribution is 5.79. The number of nitrogens with zero attached hydrogens (tertiary/aromatic N) is 1. The predicted molar refractivity (Wildman–Crippen MR) is 56.0 cm³/mol. The molecule has 4 nitrogen and oxygen atoms in total. The maximum atomic E-state index is 11.8. The van der Waals surface area contributed by atoms with E-state index in [2.05, 4.69) is 11.4 Å². The number of nitriles is 1. The van der Waals surface area contributed by atoms with Crippen molar-refractivity contribution < 1.29 is 9.53 Å². The average Bonchev–Trinajstić information content (AvgIpc) is 2.63. The zero-order chi connectivity index (χ0) is 11.3. The smallest absolute Gasteiger partial charge is 0.226 e. The molecule has 1 fully saturated rings. The van der Waals surface area contributed by atoms with Gasteiger partial charge in [0.05, 0.1) is 24.5 Å². The van der Waals surface area contributed by atoms with Gasteiger partial charge in [-0.25, -0.2) is 0 Å². The van der Waals surface area contributed by atoms with Crippen molar-refractivity contribution >= 4 is 5.91 Å². The summed E-state index contributed by atoms with van der Waals surface area (Å²) in [6, 6.07) is 2.06. The molecule has 1 amide bonds. The topological polar surface area (TPSA) is 62.1 Å². The summed E-state index contributed by atoms with van der Waals surface area (Å²) in [6.07, 6.45) is 1.96. The number of rotatable bonds is 4. The average molecular weight is 210 g/mol. The van der Waals surface area contributed by atoms with E-state index in [9.17, 15) is 4.79 Å². The number of carbonyl (C=O) groups excluding carboxylic acids is 1. The molecular formula is C11H18N2O2. The molecule has 0 saturated carbocycles. The molecule has 0 aromatic carbocycles. The van der Waals surface area contributed by atoms with E-state index in [1.54, 1.807) is 0 Å². The van der Waals surface area contributed by atoms with E-state index >= 15 is 0 Å². The van der Waals surface area contributed by atoms with E-state index in [-0.39, 0.29) is 24.0 Å². The van der Waals surface area contributed by atoms with Crippen LogP contribution in [0.1, 0.15) is 33.1 Å². The minimum absolute atomic E-state index is 0.00425.